The van der Waals surface area contributed by atoms with Crippen LogP contribution in [0.15, 0.2) is 30.6 Å². The molecule has 1 aliphatic rings. The number of carbonyl (C=O) groups excluding carboxylic acids is 1. The highest BCUT2D eigenvalue weighted by atomic mass is 19.4. The van der Waals surface area contributed by atoms with E-state index in [2.05, 4.69) is 15.3 Å². The van der Waals surface area contributed by atoms with Crippen molar-refractivity contribution in [3.63, 3.8) is 0 Å². The third kappa shape index (κ3) is 2.98. The molecular formula is C15H14F3N3O. The SMILES string of the molecule is O=C(Nc1ccc(C(F)(F)F)cc1)C1CCc2nc[nH]c2C1. The van der Waals surface area contributed by atoms with E-state index < -0.39 is 11.7 Å². The molecule has 2 N–H and O–H groups in total. The van der Waals surface area contributed by atoms with Crippen LogP contribution in [0.3, 0.4) is 0 Å². The molecule has 2 aromatic rings. The average Bonchev–Trinajstić information content (AvgIpc) is 2.94. The number of imidazole rings is 1. The second-order valence-corrected chi connectivity index (χ2v) is 5.33. The number of nitrogens with one attached hydrogen (secondary N) is 2. The topological polar surface area (TPSA) is 57.8 Å². The van der Waals surface area contributed by atoms with Crippen LogP contribution < -0.4 is 5.32 Å². The summed E-state index contributed by atoms with van der Waals surface area (Å²) in [6.07, 6.45) is -0.778. The number of benzene rings is 1. The zero-order chi connectivity index (χ0) is 15.7. The Morgan fingerprint density at radius 1 is 1.27 bits per heavy atom. The molecule has 1 aromatic carbocycles. The van der Waals surface area contributed by atoms with E-state index in [1.807, 2.05) is 0 Å². The Balaban J connectivity index is 1.65. The van der Waals surface area contributed by atoms with Crippen LogP contribution in [0.5, 0.6) is 0 Å². The summed E-state index contributed by atoms with van der Waals surface area (Å²) < 4.78 is 37.5. The molecule has 0 bridgehead atoms. The Morgan fingerprint density at radius 2 is 2.00 bits per heavy atom. The Kier molecular flexibility index (Phi) is 3.64. The molecule has 3 rings (SSSR count). The van der Waals surface area contributed by atoms with Crippen molar-refractivity contribution >= 4 is 11.6 Å². The first-order valence-corrected chi connectivity index (χ1v) is 6.93. The predicted octanol–water partition coefficient (Wildman–Crippen LogP) is 3.17. The number of alkyl halides is 3. The van der Waals surface area contributed by atoms with Gasteiger partial charge in [0.2, 0.25) is 5.91 Å². The third-order valence-electron chi connectivity index (χ3n) is 3.84. The number of amides is 1. The molecule has 7 heteroatoms. The lowest BCUT2D eigenvalue weighted by atomic mass is 9.89. The zero-order valence-corrected chi connectivity index (χ0v) is 11.6. The number of anilines is 1. The van der Waals surface area contributed by atoms with E-state index in [0.717, 1.165) is 29.9 Å². The highest BCUT2D eigenvalue weighted by Gasteiger charge is 2.30. The Morgan fingerprint density at radius 3 is 2.68 bits per heavy atom. The van der Waals surface area contributed by atoms with Crippen molar-refractivity contribution in [1.29, 1.82) is 0 Å². The largest absolute Gasteiger partial charge is 0.416 e. The number of aryl methyl sites for hydroxylation is 1. The number of nitrogens with zero attached hydrogens (tertiary/aromatic N) is 1. The summed E-state index contributed by atoms with van der Waals surface area (Å²) in [5.74, 6) is -0.379. The number of fused-ring (bicyclic) bond motifs is 1. The summed E-state index contributed by atoms with van der Waals surface area (Å²) in [6.45, 7) is 0. The second kappa shape index (κ2) is 5.47. The van der Waals surface area contributed by atoms with Crippen LogP contribution in [0.25, 0.3) is 0 Å². The average molecular weight is 309 g/mol. The molecule has 1 atom stereocenters. The lowest BCUT2D eigenvalue weighted by Crippen LogP contribution is -2.28. The first-order valence-electron chi connectivity index (χ1n) is 6.93. The fourth-order valence-corrected chi connectivity index (χ4v) is 2.61. The van der Waals surface area contributed by atoms with Crippen LogP contribution in [0.4, 0.5) is 18.9 Å². The number of rotatable bonds is 2. The summed E-state index contributed by atoms with van der Waals surface area (Å²) in [5, 5.41) is 2.67. The van der Waals surface area contributed by atoms with Gasteiger partial charge in [-0.2, -0.15) is 13.2 Å². The Labute approximate surface area is 124 Å². The van der Waals surface area contributed by atoms with Crippen LogP contribution in [0, 0.1) is 5.92 Å². The van der Waals surface area contributed by atoms with Crippen LogP contribution in [-0.2, 0) is 23.8 Å². The zero-order valence-electron chi connectivity index (χ0n) is 11.6. The molecule has 0 saturated carbocycles. The molecule has 0 spiro atoms. The molecule has 1 aliphatic carbocycles. The van der Waals surface area contributed by atoms with Gasteiger partial charge in [-0.25, -0.2) is 4.98 Å². The van der Waals surface area contributed by atoms with Crippen LogP contribution >= 0.6 is 0 Å². The molecule has 0 aliphatic heterocycles. The van der Waals surface area contributed by atoms with Crippen molar-refractivity contribution in [2.24, 2.45) is 5.92 Å². The van der Waals surface area contributed by atoms with E-state index in [9.17, 15) is 18.0 Å². The van der Waals surface area contributed by atoms with Crippen molar-refractivity contribution in [2.45, 2.75) is 25.4 Å². The van der Waals surface area contributed by atoms with Gasteiger partial charge in [-0.3, -0.25) is 4.79 Å². The number of hydrogen-bond donors (Lipinski definition) is 2. The van der Waals surface area contributed by atoms with Gasteiger partial charge in [-0.15, -0.1) is 0 Å². The molecule has 4 nitrogen and oxygen atoms in total. The number of aromatic nitrogens is 2. The Hall–Kier alpha value is -2.31. The number of H-pyrrole nitrogens is 1. The number of aromatic amines is 1. The highest BCUT2D eigenvalue weighted by molar-refractivity contribution is 5.92. The molecule has 0 saturated heterocycles. The number of carbonyl (C=O) groups is 1. The minimum atomic E-state index is -4.37. The van der Waals surface area contributed by atoms with Crippen molar-refractivity contribution < 1.29 is 18.0 Å². The fraction of sp³-hybridized carbons (Fsp3) is 0.333. The van der Waals surface area contributed by atoms with Gasteiger partial charge in [0, 0.05) is 23.7 Å². The second-order valence-electron chi connectivity index (χ2n) is 5.33. The van der Waals surface area contributed by atoms with Crippen molar-refractivity contribution in [2.75, 3.05) is 5.32 Å². The maximum Gasteiger partial charge on any atom is 0.416 e. The minimum Gasteiger partial charge on any atom is -0.348 e. The highest BCUT2D eigenvalue weighted by Crippen LogP contribution is 2.30. The summed E-state index contributed by atoms with van der Waals surface area (Å²) in [7, 11) is 0. The van der Waals surface area contributed by atoms with Crippen LogP contribution in [-0.4, -0.2) is 15.9 Å². The lowest BCUT2D eigenvalue weighted by molar-refractivity contribution is -0.137. The van der Waals surface area contributed by atoms with Gasteiger partial charge < -0.3 is 10.3 Å². The van der Waals surface area contributed by atoms with Gasteiger partial charge in [0.05, 0.1) is 17.6 Å². The summed E-state index contributed by atoms with van der Waals surface area (Å²) >= 11 is 0. The molecule has 0 radical (unpaired) electrons. The quantitative estimate of drug-likeness (QED) is 0.895. The molecule has 1 unspecified atom stereocenters. The smallest absolute Gasteiger partial charge is 0.348 e. The fourth-order valence-electron chi connectivity index (χ4n) is 2.61. The van der Waals surface area contributed by atoms with Gasteiger partial charge in [0.15, 0.2) is 0 Å². The molecule has 116 valence electrons. The lowest BCUT2D eigenvalue weighted by Gasteiger charge is -2.20. The Bertz CT molecular complexity index is 676. The maximum atomic E-state index is 12.5. The van der Waals surface area contributed by atoms with E-state index in [-0.39, 0.29) is 11.8 Å². The van der Waals surface area contributed by atoms with E-state index in [1.165, 1.54) is 12.1 Å². The first-order chi connectivity index (χ1) is 10.4. The van der Waals surface area contributed by atoms with Gasteiger partial charge in [-0.1, -0.05) is 0 Å². The van der Waals surface area contributed by atoms with Gasteiger partial charge in [-0.05, 0) is 37.1 Å². The van der Waals surface area contributed by atoms with Crippen molar-refractivity contribution in [3.05, 3.63) is 47.5 Å². The summed E-state index contributed by atoms with van der Waals surface area (Å²) in [5.41, 5.74) is 1.58. The van der Waals surface area contributed by atoms with Crippen molar-refractivity contribution in [1.82, 2.24) is 9.97 Å². The maximum absolute atomic E-state index is 12.5. The van der Waals surface area contributed by atoms with Gasteiger partial charge >= 0.3 is 6.18 Å². The van der Waals surface area contributed by atoms with E-state index >= 15 is 0 Å². The minimum absolute atomic E-state index is 0.181. The molecule has 1 aromatic heterocycles. The monoisotopic (exact) mass is 309 g/mol. The number of halogens is 3. The first kappa shape index (κ1) is 14.6. The molecule has 0 fully saturated rings. The van der Waals surface area contributed by atoms with E-state index in [0.29, 0.717) is 18.5 Å². The standard InChI is InChI=1S/C15H14F3N3O/c16-15(17,18)10-2-4-11(5-3-10)21-14(22)9-1-6-12-13(7-9)20-8-19-12/h2-5,8-9H,1,6-7H2,(H,19,20)(H,21,22). The third-order valence-corrected chi connectivity index (χ3v) is 3.84. The van der Waals surface area contributed by atoms with E-state index in [1.54, 1.807) is 6.33 Å². The molecule has 1 heterocycles. The van der Waals surface area contributed by atoms with Crippen molar-refractivity contribution in [3.8, 4) is 0 Å². The molecule has 22 heavy (non-hydrogen) atoms. The summed E-state index contributed by atoms with van der Waals surface area (Å²) in [6, 6.07) is 4.46. The van der Waals surface area contributed by atoms with Gasteiger partial charge in [0.1, 0.15) is 0 Å². The van der Waals surface area contributed by atoms with Crippen LogP contribution in [0.1, 0.15) is 23.4 Å². The molecule has 1 amide bonds. The normalized spacial score (nSPS) is 17.9. The number of hydrogen-bond acceptors (Lipinski definition) is 2. The summed E-state index contributed by atoms with van der Waals surface area (Å²) in [4.78, 5) is 19.4. The predicted molar refractivity (Wildman–Crippen MR) is 74.2 cm³/mol. The van der Waals surface area contributed by atoms with Crippen LogP contribution in [0.2, 0.25) is 0 Å². The van der Waals surface area contributed by atoms with Gasteiger partial charge in [0.25, 0.3) is 0 Å². The van der Waals surface area contributed by atoms with E-state index in [4.69, 9.17) is 0 Å². The molecular weight excluding hydrogens is 295 g/mol.